The molecule has 25 heavy (non-hydrogen) atoms. The number of rotatable bonds is 11. The maximum atomic E-state index is 12.4. The molecule has 0 aliphatic heterocycles. The van der Waals surface area contributed by atoms with Gasteiger partial charge in [-0.2, -0.15) is 0 Å². The number of amides is 1. The lowest BCUT2D eigenvalue weighted by Crippen LogP contribution is -2.44. The van der Waals surface area contributed by atoms with E-state index in [4.69, 9.17) is 14.6 Å². The van der Waals surface area contributed by atoms with Crippen molar-refractivity contribution in [2.45, 2.75) is 53.2 Å². The van der Waals surface area contributed by atoms with Gasteiger partial charge in [0.05, 0.1) is 13.2 Å². The van der Waals surface area contributed by atoms with Crippen molar-refractivity contribution in [2.24, 2.45) is 0 Å². The number of hydrogen-bond donors (Lipinski definition) is 2. The predicted octanol–water partition coefficient (Wildman–Crippen LogP) is 2.19. The Kier molecular flexibility index (Phi) is 9.31. The highest BCUT2D eigenvalue weighted by molar-refractivity contribution is 5.78. The Hall–Kier alpha value is -1.79. The lowest BCUT2D eigenvalue weighted by molar-refractivity contribution is -0.137. The van der Waals surface area contributed by atoms with Crippen LogP contribution in [0.2, 0.25) is 0 Å². The van der Waals surface area contributed by atoms with Crippen LogP contribution in [0.3, 0.4) is 0 Å². The van der Waals surface area contributed by atoms with Gasteiger partial charge in [0.1, 0.15) is 0 Å². The zero-order valence-electron chi connectivity index (χ0n) is 16.0. The summed E-state index contributed by atoms with van der Waals surface area (Å²) in [4.78, 5) is 14.2. The molecule has 0 aliphatic rings. The molecule has 0 bridgehead atoms. The molecule has 1 aromatic rings. The quantitative estimate of drug-likeness (QED) is 0.598. The van der Waals surface area contributed by atoms with Crippen molar-refractivity contribution in [1.29, 1.82) is 0 Å². The average molecular weight is 352 g/mol. The van der Waals surface area contributed by atoms with Crippen LogP contribution in [-0.4, -0.2) is 54.4 Å². The minimum absolute atomic E-state index is 0.0153. The van der Waals surface area contributed by atoms with Crippen LogP contribution in [0.5, 0.6) is 11.5 Å². The number of hydrogen-bond acceptors (Lipinski definition) is 5. The van der Waals surface area contributed by atoms with Crippen LogP contribution in [0, 0.1) is 0 Å². The van der Waals surface area contributed by atoms with Gasteiger partial charge in [0.15, 0.2) is 18.1 Å². The van der Waals surface area contributed by atoms with E-state index in [1.54, 1.807) is 0 Å². The van der Waals surface area contributed by atoms with Crippen LogP contribution in [0.15, 0.2) is 18.2 Å². The molecule has 0 aliphatic carbocycles. The van der Waals surface area contributed by atoms with Crippen LogP contribution in [0.1, 0.15) is 40.2 Å². The third-order valence-electron chi connectivity index (χ3n) is 3.68. The molecular formula is C19H32N2O4. The first kappa shape index (κ1) is 21.3. The topological polar surface area (TPSA) is 71.0 Å². The Morgan fingerprint density at radius 1 is 1.16 bits per heavy atom. The summed E-state index contributed by atoms with van der Waals surface area (Å²) in [5.74, 6) is 1.15. The highest BCUT2D eigenvalue weighted by atomic mass is 16.5. The summed E-state index contributed by atoms with van der Waals surface area (Å²) in [7, 11) is 0. The molecule has 1 amide bonds. The molecule has 6 nitrogen and oxygen atoms in total. The van der Waals surface area contributed by atoms with Gasteiger partial charge in [-0.15, -0.1) is 0 Å². The van der Waals surface area contributed by atoms with Gasteiger partial charge in [-0.3, -0.25) is 4.79 Å². The van der Waals surface area contributed by atoms with Crippen molar-refractivity contribution in [3.8, 4) is 11.5 Å². The van der Waals surface area contributed by atoms with Crippen molar-refractivity contribution in [2.75, 3.05) is 26.4 Å². The van der Waals surface area contributed by atoms with Crippen molar-refractivity contribution in [3.63, 3.8) is 0 Å². The maximum absolute atomic E-state index is 12.4. The number of carbonyl (C=O) groups excluding carboxylic acids is 1. The number of nitrogens with one attached hydrogen (secondary N) is 1. The fourth-order valence-corrected chi connectivity index (χ4v) is 2.75. The molecule has 2 N–H and O–H groups in total. The number of benzene rings is 1. The summed E-state index contributed by atoms with van der Waals surface area (Å²) in [6.45, 7) is 11.7. The van der Waals surface area contributed by atoms with E-state index in [1.165, 1.54) is 0 Å². The molecule has 0 unspecified atom stereocenters. The van der Waals surface area contributed by atoms with Gasteiger partial charge in [0.25, 0.3) is 5.91 Å². The highest BCUT2D eigenvalue weighted by Crippen LogP contribution is 2.28. The second-order valence-corrected chi connectivity index (χ2v) is 6.39. The first-order chi connectivity index (χ1) is 11.9. The Morgan fingerprint density at radius 3 is 2.40 bits per heavy atom. The summed E-state index contributed by atoms with van der Waals surface area (Å²) in [5, 5.41) is 12.0. The molecule has 142 valence electrons. The minimum Gasteiger partial charge on any atom is -0.490 e. The molecule has 0 saturated carbocycles. The van der Waals surface area contributed by atoms with E-state index in [9.17, 15) is 4.79 Å². The zero-order chi connectivity index (χ0) is 18.8. The largest absolute Gasteiger partial charge is 0.490 e. The van der Waals surface area contributed by atoms with Crippen LogP contribution < -0.4 is 14.8 Å². The molecule has 0 saturated heterocycles. The molecule has 0 heterocycles. The normalized spacial score (nSPS) is 11.0. The van der Waals surface area contributed by atoms with Crippen molar-refractivity contribution in [3.05, 3.63) is 23.8 Å². The highest BCUT2D eigenvalue weighted by Gasteiger charge is 2.21. The van der Waals surface area contributed by atoms with Crippen molar-refractivity contribution >= 4 is 5.91 Å². The van der Waals surface area contributed by atoms with E-state index in [0.29, 0.717) is 31.2 Å². The lowest BCUT2D eigenvalue weighted by Gasteiger charge is -2.30. The van der Waals surface area contributed by atoms with E-state index >= 15 is 0 Å². The van der Waals surface area contributed by atoms with Crippen LogP contribution in [0.4, 0.5) is 0 Å². The average Bonchev–Trinajstić information content (AvgIpc) is 2.54. The molecule has 1 aromatic carbocycles. The Morgan fingerprint density at radius 2 is 1.84 bits per heavy atom. The van der Waals surface area contributed by atoms with Gasteiger partial charge in [0, 0.05) is 25.2 Å². The van der Waals surface area contributed by atoms with E-state index in [0.717, 1.165) is 5.56 Å². The van der Waals surface area contributed by atoms with Crippen molar-refractivity contribution < 1.29 is 19.4 Å². The number of aliphatic hydroxyl groups excluding tert-OH is 1. The van der Waals surface area contributed by atoms with E-state index in [1.807, 2.05) is 57.7 Å². The molecule has 0 spiro atoms. The smallest absolute Gasteiger partial charge is 0.260 e. The predicted molar refractivity (Wildman–Crippen MR) is 99.0 cm³/mol. The lowest BCUT2D eigenvalue weighted by atomic mass is 10.2. The molecule has 0 fully saturated rings. The van der Waals surface area contributed by atoms with E-state index < -0.39 is 0 Å². The number of carbonyl (C=O) groups is 1. The fraction of sp³-hybridized carbons (Fsp3) is 0.632. The molecule has 0 radical (unpaired) electrons. The summed E-state index contributed by atoms with van der Waals surface area (Å²) < 4.78 is 11.4. The molecule has 0 atom stereocenters. The SMILES string of the molecule is CCOc1cc(CNCCO)ccc1OCC(=O)N(C(C)C)C(C)C. The summed E-state index contributed by atoms with van der Waals surface area (Å²) in [5.41, 5.74) is 1.03. The van der Waals surface area contributed by atoms with E-state index in [-0.39, 0.29) is 31.2 Å². The molecule has 6 heteroatoms. The first-order valence-corrected chi connectivity index (χ1v) is 8.91. The monoisotopic (exact) mass is 352 g/mol. The van der Waals surface area contributed by atoms with Gasteiger partial charge in [-0.1, -0.05) is 6.07 Å². The van der Waals surface area contributed by atoms with Gasteiger partial charge in [-0.05, 0) is 52.3 Å². The summed E-state index contributed by atoms with van der Waals surface area (Å²) in [6.07, 6.45) is 0. The van der Waals surface area contributed by atoms with Gasteiger partial charge >= 0.3 is 0 Å². The van der Waals surface area contributed by atoms with Gasteiger partial charge < -0.3 is 24.8 Å². The standard InChI is InChI=1S/C19H32N2O4/c1-6-24-18-11-16(12-20-9-10-22)7-8-17(18)25-13-19(23)21(14(2)3)15(4)5/h7-8,11,14-15,20,22H,6,9-10,12-13H2,1-5H3. The fourth-order valence-electron chi connectivity index (χ4n) is 2.75. The maximum Gasteiger partial charge on any atom is 0.260 e. The Labute approximate surface area is 151 Å². The molecule has 1 rings (SSSR count). The van der Waals surface area contributed by atoms with E-state index in [2.05, 4.69) is 5.32 Å². The summed E-state index contributed by atoms with van der Waals surface area (Å²) >= 11 is 0. The zero-order valence-corrected chi connectivity index (χ0v) is 16.0. The number of nitrogens with zero attached hydrogens (tertiary/aromatic N) is 1. The molecular weight excluding hydrogens is 320 g/mol. The minimum atomic E-state index is -0.0406. The van der Waals surface area contributed by atoms with Gasteiger partial charge in [-0.25, -0.2) is 0 Å². The second kappa shape index (κ2) is 10.9. The van der Waals surface area contributed by atoms with Crippen LogP contribution >= 0.6 is 0 Å². The molecule has 0 aromatic heterocycles. The number of aliphatic hydroxyl groups is 1. The van der Waals surface area contributed by atoms with Crippen LogP contribution in [0.25, 0.3) is 0 Å². The first-order valence-electron chi connectivity index (χ1n) is 8.91. The third-order valence-corrected chi connectivity index (χ3v) is 3.68. The van der Waals surface area contributed by atoms with Crippen LogP contribution in [-0.2, 0) is 11.3 Å². The third kappa shape index (κ3) is 6.92. The Balaban J connectivity index is 2.77. The Bertz CT molecular complexity index is 524. The number of ether oxygens (including phenoxy) is 2. The summed E-state index contributed by atoms with van der Waals surface area (Å²) in [6, 6.07) is 5.90. The van der Waals surface area contributed by atoms with Gasteiger partial charge in [0.2, 0.25) is 0 Å². The van der Waals surface area contributed by atoms with Crippen molar-refractivity contribution in [1.82, 2.24) is 10.2 Å². The second-order valence-electron chi connectivity index (χ2n) is 6.39.